The van der Waals surface area contributed by atoms with Crippen LogP contribution in [0.5, 0.6) is 17.2 Å². The number of hydrogen-bond acceptors (Lipinski definition) is 6. The summed E-state index contributed by atoms with van der Waals surface area (Å²) < 4.78 is 21.9. The Morgan fingerprint density at radius 2 is 1.83 bits per heavy atom. The Kier molecular flexibility index (Phi) is 6.59. The van der Waals surface area contributed by atoms with Crippen molar-refractivity contribution in [1.82, 2.24) is 5.32 Å². The molecule has 0 saturated heterocycles. The van der Waals surface area contributed by atoms with Gasteiger partial charge in [0.15, 0.2) is 18.1 Å². The van der Waals surface area contributed by atoms with E-state index in [0.29, 0.717) is 41.5 Å². The first-order valence-electron chi connectivity index (χ1n) is 9.54. The fourth-order valence-corrected chi connectivity index (χ4v) is 3.26. The van der Waals surface area contributed by atoms with E-state index in [2.05, 4.69) is 5.32 Å². The topological polar surface area (TPSA) is 83.1 Å². The predicted octanol–water partition coefficient (Wildman–Crippen LogP) is 3.34. The van der Waals surface area contributed by atoms with Crippen LogP contribution in [0.3, 0.4) is 0 Å². The van der Waals surface area contributed by atoms with Gasteiger partial charge in [-0.25, -0.2) is 4.79 Å². The number of amides is 1. The van der Waals surface area contributed by atoms with Crippen LogP contribution in [0.4, 0.5) is 0 Å². The highest BCUT2D eigenvalue weighted by atomic mass is 16.6. The van der Waals surface area contributed by atoms with E-state index in [0.717, 1.165) is 24.0 Å². The van der Waals surface area contributed by atoms with E-state index in [1.54, 1.807) is 12.1 Å². The van der Waals surface area contributed by atoms with Gasteiger partial charge < -0.3 is 24.3 Å². The summed E-state index contributed by atoms with van der Waals surface area (Å²) >= 11 is 0. The normalized spacial score (nSPS) is 12.2. The van der Waals surface area contributed by atoms with Gasteiger partial charge in [0.1, 0.15) is 0 Å². The Morgan fingerprint density at radius 3 is 2.55 bits per heavy atom. The monoisotopic (exact) mass is 399 g/mol. The minimum atomic E-state index is -0.454. The fourth-order valence-electron chi connectivity index (χ4n) is 3.26. The quantitative estimate of drug-likeness (QED) is 0.514. The summed E-state index contributed by atoms with van der Waals surface area (Å²) in [5, 5.41) is 2.83. The molecule has 7 heteroatoms. The summed E-state index contributed by atoms with van der Waals surface area (Å²) in [5.41, 5.74) is 3.04. The number of ether oxygens (including phenoxy) is 4. The molecule has 0 aliphatic carbocycles. The first-order valence-corrected chi connectivity index (χ1v) is 9.54. The van der Waals surface area contributed by atoms with Gasteiger partial charge in [0, 0.05) is 17.7 Å². The fraction of sp³-hybridized carbons (Fsp3) is 0.364. The van der Waals surface area contributed by atoms with Crippen LogP contribution in [0.1, 0.15) is 35.7 Å². The maximum atomic E-state index is 12.0. The van der Waals surface area contributed by atoms with Gasteiger partial charge in [-0.15, -0.1) is 0 Å². The molecule has 154 valence electrons. The van der Waals surface area contributed by atoms with Gasteiger partial charge in [-0.3, -0.25) is 4.79 Å². The number of rotatable bonds is 9. The average Bonchev–Trinajstić information content (AvgIpc) is 3.12. The molecule has 2 aromatic rings. The molecule has 1 aliphatic rings. The standard InChI is InChI=1S/C22H25NO6/c1-4-5-11-28-19(24)13-29-20-15(9-10-18(26-2)21(20)27-3)14-7-6-8-16-17(14)12-23-22(16)25/h6-10H,4-5,11-13H2,1-3H3,(H,23,25). The third-order valence-electron chi connectivity index (χ3n) is 4.73. The van der Waals surface area contributed by atoms with Crippen molar-refractivity contribution in [3.05, 3.63) is 41.5 Å². The summed E-state index contributed by atoms with van der Waals surface area (Å²) in [6, 6.07) is 9.11. The number of hydrogen-bond donors (Lipinski definition) is 1. The Balaban J connectivity index is 1.98. The molecule has 7 nitrogen and oxygen atoms in total. The van der Waals surface area contributed by atoms with Gasteiger partial charge in [-0.1, -0.05) is 25.5 Å². The Labute approximate surface area is 169 Å². The van der Waals surface area contributed by atoms with E-state index in [-0.39, 0.29) is 12.5 Å². The van der Waals surface area contributed by atoms with Gasteiger partial charge in [-0.2, -0.15) is 0 Å². The zero-order chi connectivity index (χ0) is 20.8. The number of methoxy groups -OCH3 is 2. The van der Waals surface area contributed by atoms with E-state index in [4.69, 9.17) is 18.9 Å². The van der Waals surface area contributed by atoms with Crippen molar-refractivity contribution in [3.8, 4) is 28.4 Å². The first-order chi connectivity index (χ1) is 14.1. The molecule has 2 aromatic carbocycles. The second-order valence-corrected chi connectivity index (χ2v) is 6.55. The van der Waals surface area contributed by atoms with Crippen molar-refractivity contribution in [2.45, 2.75) is 26.3 Å². The van der Waals surface area contributed by atoms with E-state index < -0.39 is 5.97 Å². The average molecular weight is 399 g/mol. The van der Waals surface area contributed by atoms with Gasteiger partial charge in [0.25, 0.3) is 5.91 Å². The van der Waals surface area contributed by atoms with E-state index in [1.165, 1.54) is 14.2 Å². The molecule has 29 heavy (non-hydrogen) atoms. The van der Waals surface area contributed by atoms with Crippen LogP contribution >= 0.6 is 0 Å². The highest BCUT2D eigenvalue weighted by molar-refractivity contribution is 6.01. The number of carbonyl (C=O) groups excluding carboxylic acids is 2. The van der Waals surface area contributed by atoms with E-state index >= 15 is 0 Å². The third-order valence-corrected chi connectivity index (χ3v) is 4.73. The summed E-state index contributed by atoms with van der Waals surface area (Å²) in [4.78, 5) is 24.1. The molecule has 0 atom stereocenters. The number of esters is 1. The van der Waals surface area contributed by atoms with Crippen molar-refractivity contribution in [2.24, 2.45) is 0 Å². The molecule has 0 bridgehead atoms. The smallest absolute Gasteiger partial charge is 0.344 e. The second kappa shape index (κ2) is 9.32. The summed E-state index contributed by atoms with van der Waals surface area (Å²) in [5.74, 6) is 0.661. The van der Waals surface area contributed by atoms with Crippen LogP contribution in [-0.4, -0.2) is 39.3 Å². The van der Waals surface area contributed by atoms with Gasteiger partial charge >= 0.3 is 5.97 Å². The van der Waals surface area contributed by atoms with Crippen molar-refractivity contribution in [2.75, 3.05) is 27.4 Å². The van der Waals surface area contributed by atoms with Crippen LogP contribution in [-0.2, 0) is 16.1 Å². The van der Waals surface area contributed by atoms with Gasteiger partial charge in [-0.05, 0) is 35.7 Å². The first kappa shape index (κ1) is 20.5. The number of benzene rings is 2. The molecule has 0 aromatic heterocycles. The lowest BCUT2D eigenvalue weighted by atomic mass is 9.95. The maximum absolute atomic E-state index is 12.0. The Hall–Kier alpha value is -3.22. The molecule has 1 N–H and O–H groups in total. The molecule has 1 amide bonds. The molecule has 0 radical (unpaired) electrons. The predicted molar refractivity (Wildman–Crippen MR) is 108 cm³/mol. The van der Waals surface area contributed by atoms with E-state index in [9.17, 15) is 9.59 Å². The zero-order valence-electron chi connectivity index (χ0n) is 16.9. The summed E-state index contributed by atoms with van der Waals surface area (Å²) in [6.07, 6.45) is 1.74. The molecule has 1 heterocycles. The number of nitrogens with one attached hydrogen (secondary N) is 1. The maximum Gasteiger partial charge on any atom is 0.344 e. The minimum Gasteiger partial charge on any atom is -0.493 e. The molecule has 3 rings (SSSR count). The van der Waals surface area contributed by atoms with Gasteiger partial charge in [0.2, 0.25) is 5.75 Å². The van der Waals surface area contributed by atoms with Crippen molar-refractivity contribution >= 4 is 11.9 Å². The molecule has 0 spiro atoms. The highest BCUT2D eigenvalue weighted by Gasteiger charge is 2.26. The number of unbranched alkanes of at least 4 members (excludes halogenated alkanes) is 1. The number of fused-ring (bicyclic) bond motifs is 1. The van der Waals surface area contributed by atoms with Crippen molar-refractivity contribution in [3.63, 3.8) is 0 Å². The Morgan fingerprint density at radius 1 is 1.03 bits per heavy atom. The Bertz CT molecular complexity index is 908. The number of carbonyl (C=O) groups is 2. The van der Waals surface area contributed by atoms with Crippen LogP contribution in [0.25, 0.3) is 11.1 Å². The van der Waals surface area contributed by atoms with Crippen LogP contribution < -0.4 is 19.5 Å². The van der Waals surface area contributed by atoms with Crippen LogP contribution in [0, 0.1) is 0 Å². The van der Waals surface area contributed by atoms with E-state index in [1.807, 2.05) is 25.1 Å². The molecule has 0 unspecified atom stereocenters. The third kappa shape index (κ3) is 4.29. The van der Waals surface area contributed by atoms with Crippen molar-refractivity contribution < 1.29 is 28.5 Å². The van der Waals surface area contributed by atoms with Crippen molar-refractivity contribution in [1.29, 1.82) is 0 Å². The lowest BCUT2D eigenvalue weighted by Crippen LogP contribution is -2.16. The molecule has 0 saturated carbocycles. The second-order valence-electron chi connectivity index (χ2n) is 6.55. The molecule has 0 fully saturated rings. The summed E-state index contributed by atoms with van der Waals surface area (Å²) in [6.45, 7) is 2.56. The zero-order valence-corrected chi connectivity index (χ0v) is 16.9. The minimum absolute atomic E-state index is 0.107. The lowest BCUT2D eigenvalue weighted by molar-refractivity contribution is -0.146. The van der Waals surface area contributed by atoms with Gasteiger partial charge in [0.05, 0.1) is 20.8 Å². The molecule has 1 aliphatic heterocycles. The SMILES string of the molecule is CCCCOC(=O)COc1c(-c2cccc3c2CNC3=O)ccc(OC)c1OC. The summed E-state index contributed by atoms with van der Waals surface area (Å²) in [7, 11) is 3.04. The lowest BCUT2D eigenvalue weighted by Gasteiger charge is -2.18. The largest absolute Gasteiger partial charge is 0.493 e. The molecular weight excluding hydrogens is 374 g/mol. The highest BCUT2D eigenvalue weighted by Crippen LogP contribution is 2.46. The molecular formula is C22H25NO6. The van der Waals surface area contributed by atoms with Crippen LogP contribution in [0.2, 0.25) is 0 Å². The van der Waals surface area contributed by atoms with Crippen LogP contribution in [0.15, 0.2) is 30.3 Å².